The standard InChI is InChI=1S/C21H27ClN4O3/c1-21(2,3)29-16-7-4-13(5-8-16)19-24-23-18-12-25(20(27)28)11-14-10-15(22)6-9-17(14)26(18)19/h6,9-10,13,16H,4-5,7-8,11-12H2,1-3H3,(H,27,28)/t13-,16-. The number of hydrogen-bond donors (Lipinski definition) is 1. The van der Waals surface area contributed by atoms with E-state index in [4.69, 9.17) is 16.3 Å². The number of rotatable bonds is 2. The molecule has 1 aromatic carbocycles. The minimum Gasteiger partial charge on any atom is -0.465 e. The van der Waals surface area contributed by atoms with Crippen LogP contribution in [0, 0.1) is 0 Å². The Morgan fingerprint density at radius 3 is 2.55 bits per heavy atom. The van der Waals surface area contributed by atoms with Crippen molar-refractivity contribution in [1.82, 2.24) is 19.7 Å². The van der Waals surface area contributed by atoms with Crippen molar-refractivity contribution in [1.29, 1.82) is 0 Å². The van der Waals surface area contributed by atoms with Crippen LogP contribution in [0.4, 0.5) is 4.79 Å². The molecule has 1 amide bonds. The lowest BCUT2D eigenvalue weighted by atomic mass is 9.86. The van der Waals surface area contributed by atoms with E-state index in [1.807, 2.05) is 22.8 Å². The van der Waals surface area contributed by atoms with Crippen molar-refractivity contribution in [2.24, 2.45) is 0 Å². The van der Waals surface area contributed by atoms with E-state index in [2.05, 4.69) is 31.0 Å². The Kier molecular flexibility index (Phi) is 5.29. The monoisotopic (exact) mass is 418 g/mol. The van der Waals surface area contributed by atoms with Crippen LogP contribution >= 0.6 is 11.6 Å². The van der Waals surface area contributed by atoms with Crippen molar-refractivity contribution in [2.45, 2.75) is 77.2 Å². The zero-order valence-electron chi connectivity index (χ0n) is 17.1. The smallest absolute Gasteiger partial charge is 0.408 e. The summed E-state index contributed by atoms with van der Waals surface area (Å²) in [7, 11) is 0. The van der Waals surface area contributed by atoms with Crippen molar-refractivity contribution in [3.63, 3.8) is 0 Å². The molecule has 156 valence electrons. The predicted molar refractivity (Wildman–Crippen MR) is 109 cm³/mol. The van der Waals surface area contributed by atoms with Gasteiger partial charge in [-0.3, -0.25) is 9.47 Å². The summed E-state index contributed by atoms with van der Waals surface area (Å²) in [5.74, 6) is 1.83. The molecule has 29 heavy (non-hydrogen) atoms. The Hall–Kier alpha value is -2.12. The minimum absolute atomic E-state index is 0.137. The Balaban J connectivity index is 1.65. The summed E-state index contributed by atoms with van der Waals surface area (Å²) < 4.78 is 8.20. The first-order valence-corrected chi connectivity index (χ1v) is 10.5. The van der Waals surface area contributed by atoms with Crippen LogP contribution in [0.1, 0.15) is 69.6 Å². The molecule has 4 rings (SSSR count). The normalized spacial score (nSPS) is 22.0. The topological polar surface area (TPSA) is 80.5 Å². The Bertz CT molecular complexity index is 913. The summed E-state index contributed by atoms with van der Waals surface area (Å²) in [6.07, 6.45) is 3.22. The van der Waals surface area contributed by atoms with Crippen LogP contribution in [0.2, 0.25) is 5.02 Å². The molecule has 0 spiro atoms. The Morgan fingerprint density at radius 2 is 1.90 bits per heavy atom. The van der Waals surface area contributed by atoms with Crippen molar-refractivity contribution < 1.29 is 14.6 Å². The van der Waals surface area contributed by atoms with Gasteiger partial charge in [0, 0.05) is 10.9 Å². The van der Waals surface area contributed by atoms with E-state index >= 15 is 0 Å². The molecule has 0 bridgehead atoms. The van der Waals surface area contributed by atoms with E-state index < -0.39 is 6.09 Å². The van der Waals surface area contributed by atoms with Gasteiger partial charge < -0.3 is 9.84 Å². The first-order chi connectivity index (χ1) is 13.7. The Labute approximate surface area is 175 Å². The molecule has 1 N–H and O–H groups in total. The first kappa shape index (κ1) is 20.2. The van der Waals surface area contributed by atoms with Gasteiger partial charge in [0.05, 0.1) is 30.5 Å². The summed E-state index contributed by atoms with van der Waals surface area (Å²) in [5, 5.41) is 19.0. The van der Waals surface area contributed by atoms with Crippen molar-refractivity contribution in [3.05, 3.63) is 40.4 Å². The van der Waals surface area contributed by atoms with Crippen molar-refractivity contribution in [3.8, 4) is 5.69 Å². The van der Waals surface area contributed by atoms with Crippen LogP contribution in [-0.4, -0.2) is 42.6 Å². The third-order valence-electron chi connectivity index (χ3n) is 5.56. The van der Waals surface area contributed by atoms with Crippen LogP contribution in [0.3, 0.4) is 0 Å². The number of carbonyl (C=O) groups is 1. The molecule has 1 fully saturated rings. The number of carboxylic acid groups (broad SMARTS) is 1. The van der Waals surface area contributed by atoms with Gasteiger partial charge in [-0.1, -0.05) is 11.6 Å². The van der Waals surface area contributed by atoms with Gasteiger partial charge in [-0.2, -0.15) is 0 Å². The minimum atomic E-state index is -0.978. The highest BCUT2D eigenvalue weighted by atomic mass is 35.5. The molecule has 8 heteroatoms. The maximum Gasteiger partial charge on any atom is 0.408 e. The summed E-state index contributed by atoms with van der Waals surface area (Å²) in [6.45, 7) is 6.76. The predicted octanol–water partition coefficient (Wildman–Crippen LogP) is 4.76. The number of ether oxygens (including phenoxy) is 1. The highest BCUT2D eigenvalue weighted by Gasteiger charge is 2.32. The summed E-state index contributed by atoms with van der Waals surface area (Å²) in [4.78, 5) is 13.0. The van der Waals surface area contributed by atoms with Gasteiger partial charge in [0.1, 0.15) is 5.82 Å². The van der Waals surface area contributed by atoms with E-state index in [9.17, 15) is 9.90 Å². The maximum absolute atomic E-state index is 11.7. The van der Waals surface area contributed by atoms with Gasteiger partial charge in [-0.15, -0.1) is 10.2 Å². The second-order valence-electron chi connectivity index (χ2n) is 8.93. The molecule has 1 aromatic heterocycles. The third-order valence-corrected chi connectivity index (χ3v) is 5.80. The second-order valence-corrected chi connectivity index (χ2v) is 9.36. The molecule has 0 saturated heterocycles. The fourth-order valence-corrected chi connectivity index (χ4v) is 4.56. The fourth-order valence-electron chi connectivity index (χ4n) is 4.36. The zero-order chi connectivity index (χ0) is 20.8. The average molecular weight is 419 g/mol. The summed E-state index contributed by atoms with van der Waals surface area (Å²) >= 11 is 6.20. The van der Waals surface area contributed by atoms with Crippen LogP contribution < -0.4 is 0 Å². The van der Waals surface area contributed by atoms with E-state index in [0.29, 0.717) is 10.8 Å². The number of benzene rings is 1. The molecule has 7 nitrogen and oxygen atoms in total. The van der Waals surface area contributed by atoms with Crippen LogP contribution in [-0.2, 0) is 17.8 Å². The fraction of sp³-hybridized carbons (Fsp3) is 0.571. The quantitative estimate of drug-likeness (QED) is 0.760. The number of amides is 1. The SMILES string of the molecule is CC(C)(C)O[C@H]1CC[C@H](c2nnc3n2-c2ccc(Cl)cc2CN(C(=O)O)C3)CC1. The lowest BCUT2D eigenvalue weighted by molar-refractivity contribution is -0.0753. The zero-order valence-corrected chi connectivity index (χ0v) is 17.8. The largest absolute Gasteiger partial charge is 0.465 e. The third kappa shape index (κ3) is 4.26. The molecule has 1 aliphatic carbocycles. The maximum atomic E-state index is 11.7. The average Bonchev–Trinajstić information content (AvgIpc) is 2.96. The molecule has 0 radical (unpaired) electrons. The van der Waals surface area contributed by atoms with E-state index in [-0.39, 0.29) is 30.7 Å². The number of fused-ring (bicyclic) bond motifs is 3. The van der Waals surface area contributed by atoms with Crippen molar-refractivity contribution in [2.75, 3.05) is 0 Å². The molecule has 0 unspecified atom stereocenters. The molecule has 0 atom stereocenters. The second kappa shape index (κ2) is 7.61. The van der Waals surface area contributed by atoms with Crippen LogP contribution in [0.5, 0.6) is 0 Å². The highest BCUT2D eigenvalue weighted by molar-refractivity contribution is 6.30. The Morgan fingerprint density at radius 1 is 1.17 bits per heavy atom. The van der Waals surface area contributed by atoms with Gasteiger partial charge in [0.15, 0.2) is 5.82 Å². The van der Waals surface area contributed by atoms with Gasteiger partial charge in [-0.25, -0.2) is 4.79 Å². The highest BCUT2D eigenvalue weighted by Crippen LogP contribution is 2.37. The number of halogens is 1. The summed E-state index contributed by atoms with van der Waals surface area (Å²) in [6, 6.07) is 5.60. The molecule has 1 aliphatic heterocycles. The molecule has 2 heterocycles. The van der Waals surface area contributed by atoms with Crippen molar-refractivity contribution >= 4 is 17.7 Å². The van der Waals surface area contributed by atoms with Gasteiger partial charge >= 0.3 is 6.09 Å². The van der Waals surface area contributed by atoms with Crippen LogP contribution in [0.25, 0.3) is 5.69 Å². The molecular formula is C21H27ClN4O3. The number of nitrogens with zero attached hydrogens (tertiary/aromatic N) is 4. The first-order valence-electron chi connectivity index (χ1n) is 10.1. The van der Waals surface area contributed by atoms with Gasteiger partial charge in [0.2, 0.25) is 0 Å². The lowest BCUT2D eigenvalue weighted by Gasteiger charge is -2.33. The summed E-state index contributed by atoms with van der Waals surface area (Å²) in [5.41, 5.74) is 1.65. The molecular weight excluding hydrogens is 392 g/mol. The van der Waals surface area contributed by atoms with E-state index in [1.165, 1.54) is 4.90 Å². The van der Waals surface area contributed by atoms with Gasteiger partial charge in [0.25, 0.3) is 0 Å². The number of hydrogen-bond acceptors (Lipinski definition) is 4. The van der Waals surface area contributed by atoms with E-state index in [0.717, 1.165) is 42.8 Å². The molecule has 2 aromatic rings. The van der Waals surface area contributed by atoms with Crippen LogP contribution in [0.15, 0.2) is 18.2 Å². The van der Waals surface area contributed by atoms with E-state index in [1.54, 1.807) is 0 Å². The lowest BCUT2D eigenvalue weighted by Crippen LogP contribution is -2.30. The molecule has 1 saturated carbocycles. The molecule has 2 aliphatic rings. The van der Waals surface area contributed by atoms with Gasteiger partial charge in [-0.05, 0) is 70.2 Å². The number of aromatic nitrogens is 3.